The summed E-state index contributed by atoms with van der Waals surface area (Å²) in [4.78, 5) is 12.9. The fourth-order valence-corrected chi connectivity index (χ4v) is 5.68. The molecular weight excluding hydrogens is 458 g/mol. The lowest BCUT2D eigenvalue weighted by Gasteiger charge is -2.30. The number of hydrogen-bond donors (Lipinski definition) is 1. The van der Waals surface area contributed by atoms with E-state index in [1.54, 1.807) is 24.3 Å². The number of nitrogens with zero attached hydrogens (tertiary/aromatic N) is 1. The third-order valence-corrected chi connectivity index (χ3v) is 7.12. The maximum Gasteiger partial charge on any atom is 0.151 e. The minimum absolute atomic E-state index is 0.0523. The number of aldehydes is 1. The molecule has 156 valence electrons. The standard InChI is InChI=1S/C21H24BrNO5S/c22-18-5-1-3-16(9-18)11-23(19-7-8-29(26,27)15-19)12-20(25)14-28-21-6-2-4-17(10-21)13-24/h1-6,9-10,13,19-20,25H,7-8,11-12,14-15H2. The number of carbonyl (C=O) groups is 1. The Morgan fingerprint density at radius 3 is 2.72 bits per heavy atom. The van der Waals surface area contributed by atoms with Crippen molar-refractivity contribution in [2.45, 2.75) is 25.1 Å². The largest absolute Gasteiger partial charge is 0.491 e. The van der Waals surface area contributed by atoms with E-state index in [1.807, 2.05) is 29.2 Å². The van der Waals surface area contributed by atoms with E-state index in [0.29, 0.717) is 30.8 Å². The van der Waals surface area contributed by atoms with E-state index < -0.39 is 15.9 Å². The fourth-order valence-electron chi connectivity index (χ4n) is 3.47. The van der Waals surface area contributed by atoms with Crippen molar-refractivity contribution in [3.8, 4) is 5.75 Å². The van der Waals surface area contributed by atoms with Crippen LogP contribution in [0.5, 0.6) is 5.75 Å². The molecule has 1 aliphatic rings. The van der Waals surface area contributed by atoms with Gasteiger partial charge < -0.3 is 9.84 Å². The summed E-state index contributed by atoms with van der Waals surface area (Å²) in [6.07, 6.45) is 0.500. The summed E-state index contributed by atoms with van der Waals surface area (Å²) in [5.74, 6) is 0.795. The number of sulfone groups is 1. The fraction of sp³-hybridized carbons (Fsp3) is 0.381. The van der Waals surface area contributed by atoms with Crippen molar-refractivity contribution in [1.29, 1.82) is 0 Å². The molecule has 3 rings (SSSR count). The van der Waals surface area contributed by atoms with E-state index >= 15 is 0 Å². The minimum Gasteiger partial charge on any atom is -0.491 e. The molecule has 0 amide bonds. The Morgan fingerprint density at radius 1 is 1.24 bits per heavy atom. The molecule has 0 aliphatic carbocycles. The Labute approximate surface area is 179 Å². The number of hydrogen-bond acceptors (Lipinski definition) is 6. The Morgan fingerprint density at radius 2 is 2.03 bits per heavy atom. The van der Waals surface area contributed by atoms with Crippen LogP contribution in [0.25, 0.3) is 0 Å². The second-order valence-corrected chi connectivity index (χ2v) is 10.4. The van der Waals surface area contributed by atoms with Crippen LogP contribution in [0.3, 0.4) is 0 Å². The van der Waals surface area contributed by atoms with Gasteiger partial charge in [-0.2, -0.15) is 0 Å². The third kappa shape index (κ3) is 6.64. The van der Waals surface area contributed by atoms with E-state index in [9.17, 15) is 18.3 Å². The van der Waals surface area contributed by atoms with E-state index in [1.165, 1.54) is 0 Å². The molecule has 8 heteroatoms. The van der Waals surface area contributed by atoms with Crippen molar-refractivity contribution >= 4 is 32.1 Å². The van der Waals surface area contributed by atoms with Gasteiger partial charge in [-0.05, 0) is 36.2 Å². The Bertz CT molecular complexity index is 950. The van der Waals surface area contributed by atoms with Gasteiger partial charge in [-0.3, -0.25) is 9.69 Å². The summed E-state index contributed by atoms with van der Waals surface area (Å²) < 4.78 is 30.5. The second kappa shape index (κ2) is 9.84. The predicted molar refractivity (Wildman–Crippen MR) is 115 cm³/mol. The smallest absolute Gasteiger partial charge is 0.151 e. The number of benzene rings is 2. The lowest BCUT2D eigenvalue weighted by Crippen LogP contribution is -2.42. The van der Waals surface area contributed by atoms with Gasteiger partial charge in [-0.25, -0.2) is 8.42 Å². The number of carbonyl (C=O) groups excluding carboxylic acids is 1. The number of aliphatic hydroxyl groups is 1. The van der Waals surface area contributed by atoms with Gasteiger partial charge in [0.05, 0.1) is 11.5 Å². The number of halogens is 1. The highest BCUT2D eigenvalue weighted by Gasteiger charge is 2.33. The Kier molecular flexibility index (Phi) is 7.45. The first-order chi connectivity index (χ1) is 13.8. The first kappa shape index (κ1) is 22.0. The van der Waals surface area contributed by atoms with E-state index in [-0.39, 0.29) is 24.2 Å². The van der Waals surface area contributed by atoms with Crippen LogP contribution in [-0.2, 0) is 16.4 Å². The predicted octanol–water partition coefficient (Wildman–Crippen LogP) is 2.69. The average molecular weight is 482 g/mol. The Hall–Kier alpha value is -1.74. The van der Waals surface area contributed by atoms with Crippen molar-refractivity contribution in [3.05, 3.63) is 64.1 Å². The zero-order chi connectivity index (χ0) is 20.9. The molecule has 1 fully saturated rings. The highest BCUT2D eigenvalue weighted by Crippen LogP contribution is 2.22. The molecule has 1 heterocycles. The van der Waals surface area contributed by atoms with Crippen LogP contribution < -0.4 is 4.74 Å². The molecule has 1 saturated heterocycles. The van der Waals surface area contributed by atoms with Crippen LogP contribution in [-0.4, -0.2) is 61.5 Å². The summed E-state index contributed by atoms with van der Waals surface area (Å²) in [6.45, 7) is 0.883. The van der Waals surface area contributed by atoms with Crippen molar-refractivity contribution in [2.24, 2.45) is 0 Å². The second-order valence-electron chi connectivity index (χ2n) is 7.27. The average Bonchev–Trinajstić information content (AvgIpc) is 3.06. The highest BCUT2D eigenvalue weighted by molar-refractivity contribution is 9.10. The van der Waals surface area contributed by atoms with Gasteiger partial charge in [0.15, 0.2) is 9.84 Å². The van der Waals surface area contributed by atoms with E-state index in [2.05, 4.69) is 15.9 Å². The molecular formula is C21H24BrNO5S. The van der Waals surface area contributed by atoms with Crippen molar-refractivity contribution in [1.82, 2.24) is 4.90 Å². The minimum atomic E-state index is -3.04. The van der Waals surface area contributed by atoms with Gasteiger partial charge in [-0.1, -0.05) is 40.2 Å². The number of ether oxygens (including phenoxy) is 1. The molecule has 0 spiro atoms. The molecule has 2 atom stereocenters. The first-order valence-corrected chi connectivity index (χ1v) is 12.0. The maximum absolute atomic E-state index is 12.0. The van der Waals surface area contributed by atoms with Crippen molar-refractivity contribution in [2.75, 3.05) is 24.7 Å². The van der Waals surface area contributed by atoms with Gasteiger partial charge in [0, 0.05) is 29.2 Å². The molecule has 1 N–H and O–H groups in total. The lowest BCUT2D eigenvalue weighted by molar-refractivity contribution is 0.0524. The van der Waals surface area contributed by atoms with Crippen molar-refractivity contribution < 1.29 is 23.1 Å². The zero-order valence-corrected chi connectivity index (χ0v) is 18.3. The monoisotopic (exact) mass is 481 g/mol. The number of aliphatic hydroxyl groups excluding tert-OH is 1. The molecule has 1 aliphatic heterocycles. The summed E-state index contributed by atoms with van der Waals surface area (Å²) >= 11 is 3.46. The van der Waals surface area contributed by atoms with Gasteiger partial charge in [-0.15, -0.1) is 0 Å². The molecule has 0 bridgehead atoms. The molecule has 0 aromatic heterocycles. The van der Waals surface area contributed by atoms with Crippen LogP contribution in [0.4, 0.5) is 0 Å². The van der Waals surface area contributed by atoms with Crippen LogP contribution in [0.1, 0.15) is 22.3 Å². The summed E-state index contributed by atoms with van der Waals surface area (Å²) in [7, 11) is -3.04. The number of rotatable bonds is 9. The summed E-state index contributed by atoms with van der Waals surface area (Å²) in [5.41, 5.74) is 1.54. The zero-order valence-electron chi connectivity index (χ0n) is 15.9. The molecule has 29 heavy (non-hydrogen) atoms. The molecule has 2 unspecified atom stereocenters. The summed E-state index contributed by atoms with van der Waals surface area (Å²) in [5, 5.41) is 10.5. The quantitative estimate of drug-likeness (QED) is 0.554. The van der Waals surface area contributed by atoms with E-state index in [4.69, 9.17) is 4.74 Å². The maximum atomic E-state index is 12.0. The van der Waals surface area contributed by atoms with Gasteiger partial charge in [0.25, 0.3) is 0 Å². The first-order valence-electron chi connectivity index (χ1n) is 9.39. The van der Waals surface area contributed by atoms with Crippen LogP contribution in [0.15, 0.2) is 53.0 Å². The van der Waals surface area contributed by atoms with Gasteiger partial charge in [0.1, 0.15) is 24.7 Å². The van der Waals surface area contributed by atoms with Crippen LogP contribution in [0, 0.1) is 0 Å². The van der Waals surface area contributed by atoms with Crippen LogP contribution >= 0.6 is 15.9 Å². The SMILES string of the molecule is O=Cc1cccc(OCC(O)CN(Cc2cccc(Br)c2)C2CCS(=O)(=O)C2)c1. The highest BCUT2D eigenvalue weighted by atomic mass is 79.9. The molecule has 2 aromatic rings. The summed E-state index contributed by atoms with van der Waals surface area (Å²) in [6, 6.07) is 14.4. The molecule has 6 nitrogen and oxygen atoms in total. The normalized spacial score (nSPS) is 19.2. The molecule has 2 aromatic carbocycles. The lowest BCUT2D eigenvalue weighted by atomic mass is 10.1. The molecule has 0 radical (unpaired) electrons. The van der Waals surface area contributed by atoms with Crippen LogP contribution in [0.2, 0.25) is 0 Å². The van der Waals surface area contributed by atoms with Gasteiger partial charge in [0.2, 0.25) is 0 Å². The van der Waals surface area contributed by atoms with E-state index in [0.717, 1.165) is 16.3 Å². The van der Waals surface area contributed by atoms with Crippen molar-refractivity contribution in [3.63, 3.8) is 0 Å². The molecule has 0 saturated carbocycles. The third-order valence-electron chi connectivity index (χ3n) is 4.88. The topological polar surface area (TPSA) is 83.9 Å². The van der Waals surface area contributed by atoms with Gasteiger partial charge >= 0.3 is 0 Å². The Balaban J connectivity index is 1.65.